The van der Waals surface area contributed by atoms with Gasteiger partial charge in [-0.2, -0.15) is 0 Å². The minimum Gasteiger partial charge on any atom is -0.456 e. The molecule has 2 rings (SSSR count). The Hall–Kier alpha value is -0.840. The van der Waals surface area contributed by atoms with E-state index in [4.69, 9.17) is 10.5 Å². The Bertz CT molecular complexity index is 570. The molecule has 0 aliphatic rings. The fourth-order valence-electron chi connectivity index (χ4n) is 1.69. The smallest absolute Gasteiger partial charge is 0.141 e. The minimum absolute atomic E-state index is 0.463. The maximum Gasteiger partial charge on any atom is 0.141 e. The Morgan fingerprint density at radius 2 is 1.94 bits per heavy atom. The highest BCUT2D eigenvalue weighted by Crippen LogP contribution is 2.34. The largest absolute Gasteiger partial charge is 0.456 e. The fraction of sp³-hybridized carbons (Fsp3) is 0.143. The van der Waals surface area contributed by atoms with Crippen molar-refractivity contribution >= 4 is 31.9 Å². The molecule has 2 aromatic carbocycles. The first-order valence-electron chi connectivity index (χ1n) is 5.53. The van der Waals surface area contributed by atoms with Crippen LogP contribution in [0.15, 0.2) is 45.3 Å². The number of hydrogen-bond acceptors (Lipinski definition) is 2. The molecule has 0 saturated heterocycles. The Balaban J connectivity index is 2.39. The van der Waals surface area contributed by atoms with E-state index in [1.54, 1.807) is 0 Å². The second-order valence-corrected chi connectivity index (χ2v) is 5.71. The summed E-state index contributed by atoms with van der Waals surface area (Å²) >= 11 is 6.91. The van der Waals surface area contributed by atoms with Gasteiger partial charge in [0.1, 0.15) is 11.5 Å². The third kappa shape index (κ3) is 2.94. The highest BCUT2D eigenvalue weighted by Gasteiger charge is 2.09. The zero-order valence-corrected chi connectivity index (χ0v) is 13.1. The minimum atomic E-state index is 0.463. The molecule has 2 aromatic rings. The molecule has 2 N–H and O–H groups in total. The average molecular weight is 371 g/mol. The highest BCUT2D eigenvalue weighted by molar-refractivity contribution is 9.11. The molecule has 0 saturated carbocycles. The fourth-order valence-corrected chi connectivity index (χ4v) is 2.82. The van der Waals surface area contributed by atoms with Gasteiger partial charge in [0, 0.05) is 16.6 Å². The van der Waals surface area contributed by atoms with Crippen molar-refractivity contribution in [3.63, 3.8) is 0 Å². The molecule has 18 heavy (non-hydrogen) atoms. The summed E-state index contributed by atoms with van der Waals surface area (Å²) in [5.74, 6) is 1.62. The van der Waals surface area contributed by atoms with Crippen LogP contribution >= 0.6 is 31.9 Å². The van der Waals surface area contributed by atoms with Crippen LogP contribution in [0, 0.1) is 6.92 Å². The summed E-state index contributed by atoms with van der Waals surface area (Å²) in [6, 6.07) is 11.8. The molecule has 94 valence electrons. The van der Waals surface area contributed by atoms with Crippen molar-refractivity contribution in [2.45, 2.75) is 13.5 Å². The standard InChI is InChI=1S/C14H13Br2NO/c1-9-3-2-4-10(8-17)14(9)18-13-6-5-11(15)7-12(13)16/h2-7H,8,17H2,1H3. The summed E-state index contributed by atoms with van der Waals surface area (Å²) in [4.78, 5) is 0. The normalized spacial score (nSPS) is 10.4. The number of aryl methyl sites for hydroxylation is 1. The second-order valence-electron chi connectivity index (χ2n) is 3.94. The molecule has 0 atom stereocenters. The quantitative estimate of drug-likeness (QED) is 0.844. The number of ether oxygens (including phenoxy) is 1. The lowest BCUT2D eigenvalue weighted by Gasteiger charge is -2.14. The molecule has 0 aliphatic carbocycles. The molecular weight excluding hydrogens is 358 g/mol. The van der Waals surface area contributed by atoms with Crippen LogP contribution in [-0.2, 0) is 6.54 Å². The van der Waals surface area contributed by atoms with Crippen LogP contribution in [0.2, 0.25) is 0 Å². The number of para-hydroxylation sites is 1. The van der Waals surface area contributed by atoms with Crippen molar-refractivity contribution in [3.05, 3.63) is 56.5 Å². The third-order valence-electron chi connectivity index (χ3n) is 2.62. The summed E-state index contributed by atoms with van der Waals surface area (Å²) in [5.41, 5.74) is 7.82. The van der Waals surface area contributed by atoms with E-state index in [-0.39, 0.29) is 0 Å². The van der Waals surface area contributed by atoms with Gasteiger partial charge >= 0.3 is 0 Å². The first kappa shape index (κ1) is 13.6. The molecule has 0 aliphatic heterocycles. The van der Waals surface area contributed by atoms with Crippen LogP contribution in [-0.4, -0.2) is 0 Å². The molecular formula is C14H13Br2NO. The van der Waals surface area contributed by atoms with E-state index in [9.17, 15) is 0 Å². The molecule has 0 unspecified atom stereocenters. The van der Waals surface area contributed by atoms with Gasteiger partial charge in [0.2, 0.25) is 0 Å². The summed E-state index contributed by atoms with van der Waals surface area (Å²) in [7, 11) is 0. The van der Waals surface area contributed by atoms with Gasteiger partial charge in [-0.1, -0.05) is 34.1 Å². The van der Waals surface area contributed by atoms with E-state index in [0.29, 0.717) is 6.54 Å². The molecule has 0 spiro atoms. The Labute approximate surface area is 123 Å². The van der Waals surface area contributed by atoms with E-state index in [2.05, 4.69) is 31.9 Å². The lowest BCUT2D eigenvalue weighted by molar-refractivity contribution is 0.469. The Morgan fingerprint density at radius 1 is 1.17 bits per heavy atom. The highest BCUT2D eigenvalue weighted by atomic mass is 79.9. The SMILES string of the molecule is Cc1cccc(CN)c1Oc1ccc(Br)cc1Br. The van der Waals surface area contributed by atoms with Crippen LogP contribution in [0.5, 0.6) is 11.5 Å². The molecule has 4 heteroatoms. The predicted molar refractivity (Wildman–Crippen MR) is 81.0 cm³/mol. The zero-order valence-electron chi connectivity index (χ0n) is 9.91. The predicted octanol–water partition coefficient (Wildman–Crippen LogP) is 4.77. The third-order valence-corrected chi connectivity index (χ3v) is 3.73. The van der Waals surface area contributed by atoms with E-state index in [0.717, 1.165) is 31.6 Å². The van der Waals surface area contributed by atoms with Crippen LogP contribution in [0.4, 0.5) is 0 Å². The van der Waals surface area contributed by atoms with Gasteiger partial charge in [0.05, 0.1) is 4.47 Å². The average Bonchev–Trinajstić information content (AvgIpc) is 2.34. The Kier molecular flexibility index (Phi) is 4.43. The van der Waals surface area contributed by atoms with Gasteiger partial charge in [0.15, 0.2) is 0 Å². The lowest BCUT2D eigenvalue weighted by atomic mass is 10.1. The number of benzene rings is 2. The van der Waals surface area contributed by atoms with Crippen molar-refractivity contribution in [1.82, 2.24) is 0 Å². The van der Waals surface area contributed by atoms with E-state index >= 15 is 0 Å². The van der Waals surface area contributed by atoms with Gasteiger partial charge in [-0.3, -0.25) is 0 Å². The maximum absolute atomic E-state index is 5.97. The topological polar surface area (TPSA) is 35.2 Å². The van der Waals surface area contributed by atoms with E-state index in [1.807, 2.05) is 43.3 Å². The van der Waals surface area contributed by atoms with Crippen LogP contribution < -0.4 is 10.5 Å². The van der Waals surface area contributed by atoms with Gasteiger partial charge in [-0.05, 0) is 46.6 Å². The molecule has 0 radical (unpaired) electrons. The molecule has 0 heterocycles. The first-order chi connectivity index (χ1) is 8.61. The number of halogens is 2. The molecule has 2 nitrogen and oxygen atoms in total. The Morgan fingerprint density at radius 3 is 2.61 bits per heavy atom. The summed E-state index contributed by atoms with van der Waals surface area (Å²) in [6.45, 7) is 2.48. The first-order valence-corrected chi connectivity index (χ1v) is 7.12. The number of hydrogen-bond donors (Lipinski definition) is 1. The zero-order chi connectivity index (χ0) is 13.1. The maximum atomic E-state index is 5.97. The van der Waals surface area contributed by atoms with E-state index in [1.165, 1.54) is 0 Å². The summed E-state index contributed by atoms with van der Waals surface area (Å²) < 4.78 is 7.88. The second kappa shape index (κ2) is 5.87. The van der Waals surface area contributed by atoms with E-state index < -0.39 is 0 Å². The van der Waals surface area contributed by atoms with Gasteiger partial charge in [-0.25, -0.2) is 0 Å². The van der Waals surface area contributed by atoms with Crippen molar-refractivity contribution < 1.29 is 4.74 Å². The van der Waals surface area contributed by atoms with Gasteiger partial charge < -0.3 is 10.5 Å². The molecule has 0 bridgehead atoms. The summed E-state index contributed by atoms with van der Waals surface area (Å²) in [5, 5.41) is 0. The molecule has 0 amide bonds. The van der Waals surface area contributed by atoms with Gasteiger partial charge in [-0.15, -0.1) is 0 Å². The monoisotopic (exact) mass is 369 g/mol. The van der Waals surface area contributed by atoms with Crippen LogP contribution in [0.25, 0.3) is 0 Å². The van der Waals surface area contributed by atoms with Gasteiger partial charge in [0.25, 0.3) is 0 Å². The molecule has 0 fully saturated rings. The number of rotatable bonds is 3. The number of nitrogens with two attached hydrogens (primary N) is 1. The van der Waals surface area contributed by atoms with Crippen LogP contribution in [0.3, 0.4) is 0 Å². The molecule has 0 aromatic heterocycles. The van der Waals surface area contributed by atoms with Crippen molar-refractivity contribution in [2.24, 2.45) is 5.73 Å². The lowest BCUT2D eigenvalue weighted by Crippen LogP contribution is -2.01. The van der Waals surface area contributed by atoms with Crippen LogP contribution in [0.1, 0.15) is 11.1 Å². The van der Waals surface area contributed by atoms with Crippen molar-refractivity contribution in [3.8, 4) is 11.5 Å². The van der Waals surface area contributed by atoms with Crippen molar-refractivity contribution in [2.75, 3.05) is 0 Å². The van der Waals surface area contributed by atoms with Crippen molar-refractivity contribution in [1.29, 1.82) is 0 Å². The summed E-state index contributed by atoms with van der Waals surface area (Å²) in [6.07, 6.45) is 0.